The van der Waals surface area contributed by atoms with Gasteiger partial charge in [-0.3, -0.25) is 0 Å². The van der Waals surface area contributed by atoms with Crippen LogP contribution in [-0.2, 0) is 12.8 Å². The summed E-state index contributed by atoms with van der Waals surface area (Å²) in [5.41, 5.74) is 10.3. The van der Waals surface area contributed by atoms with E-state index in [1.807, 2.05) is 24.3 Å². The Kier molecular flexibility index (Phi) is 4.07. The summed E-state index contributed by atoms with van der Waals surface area (Å²) in [6, 6.07) is 16.4. The molecule has 0 aliphatic heterocycles. The number of nitrogens with two attached hydrogens (primary N) is 1. The number of rotatable bonds is 4. The summed E-state index contributed by atoms with van der Waals surface area (Å²) in [5.74, 6) is 1.06. The molecule has 124 valence electrons. The molecular formula is C19H16ClN5. The molecule has 4 rings (SSSR count). The van der Waals surface area contributed by atoms with E-state index >= 15 is 0 Å². The van der Waals surface area contributed by atoms with Gasteiger partial charge in [-0.25, -0.2) is 15.0 Å². The number of nitrogens with zero attached hydrogens (tertiary/aromatic N) is 3. The number of benzene rings is 2. The van der Waals surface area contributed by atoms with Crippen LogP contribution in [0.4, 0.5) is 5.82 Å². The quantitative estimate of drug-likeness (QED) is 0.582. The molecule has 2 aromatic heterocycles. The van der Waals surface area contributed by atoms with Gasteiger partial charge in [-0.2, -0.15) is 0 Å². The molecule has 0 amide bonds. The second kappa shape index (κ2) is 6.53. The van der Waals surface area contributed by atoms with Crippen LogP contribution in [0.5, 0.6) is 0 Å². The Bertz CT molecular complexity index is 1030. The summed E-state index contributed by atoms with van der Waals surface area (Å²) in [4.78, 5) is 15.7. The van der Waals surface area contributed by atoms with E-state index in [2.05, 4.69) is 44.2 Å². The Morgan fingerprint density at radius 3 is 2.60 bits per heavy atom. The molecule has 5 nitrogen and oxygen atoms in total. The number of halogens is 1. The van der Waals surface area contributed by atoms with Gasteiger partial charge in [0.1, 0.15) is 17.7 Å². The van der Waals surface area contributed by atoms with Gasteiger partial charge >= 0.3 is 0 Å². The van der Waals surface area contributed by atoms with Crippen molar-refractivity contribution in [3.63, 3.8) is 0 Å². The normalized spacial score (nSPS) is 11.1. The summed E-state index contributed by atoms with van der Waals surface area (Å²) in [6.07, 6.45) is 3.25. The molecule has 0 aliphatic rings. The topological polar surface area (TPSA) is 80.5 Å². The second-order valence-electron chi connectivity index (χ2n) is 5.83. The molecule has 0 aliphatic carbocycles. The number of H-pyrrole nitrogens is 1. The predicted molar refractivity (Wildman–Crippen MR) is 100 cm³/mol. The minimum atomic E-state index is 0.384. The molecule has 0 unspecified atom stereocenters. The Morgan fingerprint density at radius 2 is 1.84 bits per heavy atom. The molecule has 2 heterocycles. The van der Waals surface area contributed by atoms with Crippen LogP contribution >= 0.6 is 11.6 Å². The maximum atomic E-state index is 6.48. The number of hydrogen-bond acceptors (Lipinski definition) is 4. The van der Waals surface area contributed by atoms with Crippen molar-refractivity contribution in [2.45, 2.75) is 12.8 Å². The maximum absolute atomic E-state index is 6.48. The number of aromatic nitrogens is 4. The minimum Gasteiger partial charge on any atom is -0.382 e. The van der Waals surface area contributed by atoms with E-state index in [-0.39, 0.29) is 0 Å². The zero-order valence-corrected chi connectivity index (χ0v) is 14.2. The highest BCUT2D eigenvalue weighted by molar-refractivity contribution is 6.31. The van der Waals surface area contributed by atoms with E-state index in [9.17, 15) is 0 Å². The zero-order valence-electron chi connectivity index (χ0n) is 13.4. The van der Waals surface area contributed by atoms with Gasteiger partial charge < -0.3 is 10.7 Å². The lowest BCUT2D eigenvalue weighted by molar-refractivity contribution is 0.960. The first-order valence-corrected chi connectivity index (χ1v) is 8.37. The van der Waals surface area contributed by atoms with Crippen LogP contribution in [0.3, 0.4) is 0 Å². The van der Waals surface area contributed by atoms with Crippen molar-refractivity contribution in [2.75, 3.05) is 5.73 Å². The van der Waals surface area contributed by atoms with Crippen molar-refractivity contribution in [2.24, 2.45) is 0 Å². The smallest absolute Gasteiger partial charge is 0.183 e. The average molecular weight is 350 g/mol. The Hall–Kier alpha value is -2.92. The number of fused-ring (bicyclic) bond motifs is 1. The molecule has 4 aromatic rings. The van der Waals surface area contributed by atoms with E-state index in [0.717, 1.165) is 29.0 Å². The lowest BCUT2D eigenvalue weighted by Crippen LogP contribution is -1.93. The maximum Gasteiger partial charge on any atom is 0.183 e. The summed E-state index contributed by atoms with van der Waals surface area (Å²) in [6.45, 7) is 0. The first kappa shape index (κ1) is 15.6. The van der Waals surface area contributed by atoms with Gasteiger partial charge in [0.05, 0.1) is 0 Å². The first-order valence-electron chi connectivity index (χ1n) is 7.99. The fourth-order valence-corrected chi connectivity index (χ4v) is 3.08. The molecule has 2 aromatic carbocycles. The summed E-state index contributed by atoms with van der Waals surface area (Å²) in [5, 5.41) is 0.730. The third-order valence-corrected chi connectivity index (χ3v) is 4.52. The van der Waals surface area contributed by atoms with Crippen molar-refractivity contribution in [1.82, 2.24) is 19.9 Å². The molecule has 6 heteroatoms. The fraction of sp³-hybridized carbons (Fsp3) is 0.105. The predicted octanol–water partition coefficient (Wildman–Crippen LogP) is 4.04. The molecule has 0 bridgehead atoms. The Labute approximate surface area is 149 Å². The number of aromatic amines is 1. The molecule has 0 fully saturated rings. The number of hydrogen-bond donors (Lipinski definition) is 2. The van der Waals surface area contributed by atoms with Crippen LogP contribution in [0.2, 0.25) is 5.02 Å². The third kappa shape index (κ3) is 3.19. The monoisotopic (exact) mass is 349 g/mol. The van der Waals surface area contributed by atoms with Gasteiger partial charge in [0.15, 0.2) is 11.5 Å². The highest BCUT2D eigenvalue weighted by Crippen LogP contribution is 2.27. The molecular weight excluding hydrogens is 334 g/mol. The Morgan fingerprint density at radius 1 is 1.00 bits per heavy atom. The van der Waals surface area contributed by atoms with Gasteiger partial charge in [-0.1, -0.05) is 54.1 Å². The SMILES string of the molecule is Nc1ncnc2nc(-c3ccc(CCc4ccccc4)c(Cl)c3)[nH]c12. The number of aryl methyl sites for hydroxylation is 2. The summed E-state index contributed by atoms with van der Waals surface area (Å²) in [7, 11) is 0. The fourth-order valence-electron chi connectivity index (χ4n) is 2.80. The molecule has 0 radical (unpaired) electrons. The molecule has 0 saturated carbocycles. The van der Waals surface area contributed by atoms with Gasteiger partial charge in [-0.05, 0) is 30.0 Å². The van der Waals surface area contributed by atoms with Gasteiger partial charge in [0.25, 0.3) is 0 Å². The summed E-state index contributed by atoms with van der Waals surface area (Å²) < 4.78 is 0. The van der Waals surface area contributed by atoms with Crippen LogP contribution in [-0.4, -0.2) is 19.9 Å². The van der Waals surface area contributed by atoms with E-state index in [1.165, 1.54) is 11.9 Å². The van der Waals surface area contributed by atoms with Crippen LogP contribution in [0.25, 0.3) is 22.6 Å². The van der Waals surface area contributed by atoms with Crippen LogP contribution in [0, 0.1) is 0 Å². The van der Waals surface area contributed by atoms with Crippen LogP contribution in [0.1, 0.15) is 11.1 Å². The van der Waals surface area contributed by atoms with Gasteiger partial charge in [-0.15, -0.1) is 0 Å². The molecule has 0 spiro atoms. The van der Waals surface area contributed by atoms with Crippen molar-refractivity contribution < 1.29 is 0 Å². The van der Waals surface area contributed by atoms with Crippen molar-refractivity contribution in [3.8, 4) is 11.4 Å². The van der Waals surface area contributed by atoms with E-state index in [0.29, 0.717) is 22.8 Å². The lowest BCUT2D eigenvalue weighted by Gasteiger charge is -2.06. The molecule has 3 N–H and O–H groups in total. The van der Waals surface area contributed by atoms with Gasteiger partial charge in [0, 0.05) is 10.6 Å². The van der Waals surface area contributed by atoms with Crippen molar-refractivity contribution >= 4 is 28.6 Å². The Balaban J connectivity index is 1.59. The average Bonchev–Trinajstić information content (AvgIpc) is 3.07. The largest absolute Gasteiger partial charge is 0.382 e. The van der Waals surface area contributed by atoms with E-state index < -0.39 is 0 Å². The zero-order chi connectivity index (χ0) is 17.2. The van der Waals surface area contributed by atoms with E-state index in [4.69, 9.17) is 17.3 Å². The van der Waals surface area contributed by atoms with Crippen LogP contribution in [0.15, 0.2) is 54.9 Å². The number of anilines is 1. The van der Waals surface area contributed by atoms with Gasteiger partial charge in [0.2, 0.25) is 0 Å². The van der Waals surface area contributed by atoms with Crippen molar-refractivity contribution in [1.29, 1.82) is 0 Å². The third-order valence-electron chi connectivity index (χ3n) is 4.17. The lowest BCUT2D eigenvalue weighted by atomic mass is 10.0. The standard InChI is InChI=1S/C19H16ClN5/c20-15-10-14(18-24-16-17(21)22-11-23-19(16)25-18)9-8-13(15)7-6-12-4-2-1-3-5-12/h1-5,8-11H,6-7H2,(H3,21,22,23,24,25). The number of nitrogen functional groups attached to an aromatic ring is 1. The first-order chi connectivity index (χ1) is 12.2. The number of nitrogens with one attached hydrogen (secondary N) is 1. The minimum absolute atomic E-state index is 0.384. The molecule has 0 saturated heterocycles. The number of imidazole rings is 1. The molecule has 0 atom stereocenters. The second-order valence-corrected chi connectivity index (χ2v) is 6.24. The van der Waals surface area contributed by atoms with Crippen molar-refractivity contribution in [3.05, 3.63) is 71.0 Å². The van der Waals surface area contributed by atoms with E-state index in [1.54, 1.807) is 0 Å². The highest BCUT2D eigenvalue weighted by Gasteiger charge is 2.11. The molecule has 25 heavy (non-hydrogen) atoms. The highest BCUT2D eigenvalue weighted by atomic mass is 35.5. The van der Waals surface area contributed by atoms with Crippen LogP contribution < -0.4 is 5.73 Å². The summed E-state index contributed by atoms with van der Waals surface area (Å²) >= 11 is 6.48.